The van der Waals surface area contributed by atoms with Crippen LogP contribution in [0.5, 0.6) is 0 Å². The molecular weight excluding hydrogens is 448 g/mol. The van der Waals surface area contributed by atoms with Gasteiger partial charge in [-0.15, -0.1) is 0 Å². The van der Waals surface area contributed by atoms with Crippen LogP contribution in [-0.2, 0) is 4.79 Å². The summed E-state index contributed by atoms with van der Waals surface area (Å²) in [6.45, 7) is 2.64. The molecule has 0 aliphatic carbocycles. The smallest absolute Gasteiger partial charge is 0.246 e. The van der Waals surface area contributed by atoms with Gasteiger partial charge in [0.25, 0.3) is 0 Å². The molecule has 5 rings (SSSR count). The number of carbonyl (C=O) groups excluding carboxylic acids is 1. The molecule has 0 spiro atoms. The zero-order valence-corrected chi connectivity index (χ0v) is 19.2. The first-order valence-corrected chi connectivity index (χ1v) is 11.5. The molecule has 3 heterocycles. The fourth-order valence-electron chi connectivity index (χ4n) is 3.90. The van der Waals surface area contributed by atoms with Crippen LogP contribution in [0.1, 0.15) is 5.56 Å². The minimum absolute atomic E-state index is 0.0249. The van der Waals surface area contributed by atoms with Gasteiger partial charge in [0.15, 0.2) is 0 Å². The molecular formula is C26H23ClN6O. The molecule has 0 radical (unpaired) electrons. The minimum Gasteiger partial charge on any atom is -0.337 e. The van der Waals surface area contributed by atoms with Crippen LogP contribution in [0.15, 0.2) is 85.3 Å². The summed E-state index contributed by atoms with van der Waals surface area (Å²) in [6.07, 6.45) is 8.87. The second kappa shape index (κ2) is 9.89. The Balaban J connectivity index is 1.34. The van der Waals surface area contributed by atoms with Crippen LogP contribution in [0.25, 0.3) is 23.0 Å². The van der Waals surface area contributed by atoms with E-state index in [2.05, 4.69) is 14.9 Å². The lowest BCUT2D eigenvalue weighted by molar-refractivity contribution is -0.126. The van der Waals surface area contributed by atoms with Gasteiger partial charge in [-0.3, -0.25) is 4.79 Å². The van der Waals surface area contributed by atoms with Crippen LogP contribution in [-0.4, -0.2) is 56.7 Å². The number of aromatic nitrogens is 4. The van der Waals surface area contributed by atoms with Gasteiger partial charge >= 0.3 is 0 Å². The van der Waals surface area contributed by atoms with Crippen molar-refractivity contribution < 1.29 is 4.79 Å². The predicted molar refractivity (Wildman–Crippen MR) is 134 cm³/mol. The zero-order valence-electron chi connectivity index (χ0n) is 18.5. The van der Waals surface area contributed by atoms with Gasteiger partial charge in [-0.2, -0.15) is 5.10 Å². The molecule has 1 aliphatic rings. The summed E-state index contributed by atoms with van der Waals surface area (Å²) in [5.74, 6) is 0.675. The summed E-state index contributed by atoms with van der Waals surface area (Å²) in [5, 5.41) is 5.46. The molecule has 2 aromatic carbocycles. The number of carbonyl (C=O) groups is 1. The summed E-state index contributed by atoms with van der Waals surface area (Å²) < 4.78 is 1.83. The molecule has 0 bridgehead atoms. The van der Waals surface area contributed by atoms with Crippen LogP contribution < -0.4 is 4.90 Å². The van der Waals surface area contributed by atoms with E-state index < -0.39 is 0 Å². The van der Waals surface area contributed by atoms with Crippen LogP contribution in [0.2, 0.25) is 5.02 Å². The van der Waals surface area contributed by atoms with Crippen LogP contribution >= 0.6 is 11.6 Å². The Bertz CT molecular complexity index is 1280. The molecule has 2 aromatic heterocycles. The highest BCUT2D eigenvalue weighted by Gasteiger charge is 2.21. The number of hydrogen-bond donors (Lipinski definition) is 0. The Hall–Kier alpha value is -3.97. The van der Waals surface area contributed by atoms with Crippen molar-refractivity contribution in [3.63, 3.8) is 0 Å². The average Bonchev–Trinajstić information content (AvgIpc) is 3.33. The van der Waals surface area contributed by atoms with Crippen molar-refractivity contribution in [2.45, 2.75) is 0 Å². The summed E-state index contributed by atoms with van der Waals surface area (Å²) >= 11 is 6.08. The van der Waals surface area contributed by atoms with Crippen molar-refractivity contribution in [1.82, 2.24) is 24.6 Å². The zero-order chi connectivity index (χ0) is 23.3. The molecule has 0 saturated carbocycles. The third-order valence-corrected chi connectivity index (χ3v) is 5.96. The molecule has 0 N–H and O–H groups in total. The number of halogens is 1. The van der Waals surface area contributed by atoms with Crippen molar-refractivity contribution in [2.75, 3.05) is 31.1 Å². The lowest BCUT2D eigenvalue weighted by Gasteiger charge is -2.34. The Kier molecular flexibility index (Phi) is 6.35. The number of amides is 1. The number of nitrogens with zero attached hydrogens (tertiary/aromatic N) is 6. The van der Waals surface area contributed by atoms with Gasteiger partial charge in [0.1, 0.15) is 0 Å². The maximum absolute atomic E-state index is 12.9. The minimum atomic E-state index is -0.0249. The predicted octanol–water partition coefficient (Wildman–Crippen LogP) is 4.34. The third-order valence-electron chi connectivity index (χ3n) is 5.71. The first-order chi connectivity index (χ1) is 16.7. The van der Waals surface area contributed by atoms with Gasteiger partial charge in [-0.05, 0) is 36.4 Å². The van der Waals surface area contributed by atoms with E-state index in [1.54, 1.807) is 24.5 Å². The summed E-state index contributed by atoms with van der Waals surface area (Å²) in [5.41, 5.74) is 3.53. The van der Waals surface area contributed by atoms with Crippen molar-refractivity contribution in [3.05, 3.63) is 95.9 Å². The quantitative estimate of drug-likeness (QED) is 0.406. The first-order valence-electron chi connectivity index (χ1n) is 11.1. The summed E-state index contributed by atoms with van der Waals surface area (Å²) in [4.78, 5) is 25.5. The highest BCUT2D eigenvalue weighted by atomic mass is 35.5. The maximum Gasteiger partial charge on any atom is 0.246 e. The van der Waals surface area contributed by atoms with E-state index in [-0.39, 0.29) is 5.91 Å². The number of para-hydroxylation sites is 1. The normalized spacial score (nSPS) is 14.0. The SMILES string of the molecule is O=C(C=Cc1cn(-c2ccccc2)nc1-c1ccc(Cl)cc1)N1CCN(c2ncccn2)CC1. The molecule has 1 amide bonds. The van der Waals surface area contributed by atoms with E-state index in [1.165, 1.54) is 0 Å². The van der Waals surface area contributed by atoms with Gasteiger partial charge in [0.05, 0.1) is 11.4 Å². The Morgan fingerprint density at radius 2 is 1.59 bits per heavy atom. The molecule has 4 aromatic rings. The van der Waals surface area contributed by atoms with Crippen LogP contribution in [0, 0.1) is 0 Å². The van der Waals surface area contributed by atoms with Gasteiger partial charge in [-0.25, -0.2) is 14.6 Å². The second-order valence-electron chi connectivity index (χ2n) is 7.91. The van der Waals surface area contributed by atoms with Crippen molar-refractivity contribution in [3.8, 4) is 16.9 Å². The Morgan fingerprint density at radius 1 is 0.882 bits per heavy atom. The maximum atomic E-state index is 12.9. The molecule has 0 unspecified atom stereocenters. The van der Waals surface area contributed by atoms with E-state index in [0.717, 1.165) is 22.5 Å². The fourth-order valence-corrected chi connectivity index (χ4v) is 4.03. The summed E-state index contributed by atoms with van der Waals surface area (Å²) in [7, 11) is 0. The highest BCUT2D eigenvalue weighted by molar-refractivity contribution is 6.30. The van der Waals surface area contributed by atoms with E-state index in [1.807, 2.05) is 76.5 Å². The number of piperazine rings is 1. The molecule has 1 aliphatic heterocycles. The number of benzene rings is 2. The van der Waals surface area contributed by atoms with E-state index in [9.17, 15) is 4.79 Å². The van der Waals surface area contributed by atoms with Crippen LogP contribution in [0.4, 0.5) is 5.95 Å². The van der Waals surface area contributed by atoms with Gasteiger partial charge in [-0.1, -0.05) is 41.9 Å². The number of rotatable bonds is 5. The second-order valence-corrected chi connectivity index (χ2v) is 8.35. The number of hydrogen-bond acceptors (Lipinski definition) is 5. The van der Waals surface area contributed by atoms with Crippen molar-refractivity contribution in [2.24, 2.45) is 0 Å². The topological polar surface area (TPSA) is 67.2 Å². The fraction of sp³-hybridized carbons (Fsp3) is 0.154. The summed E-state index contributed by atoms with van der Waals surface area (Å²) in [6, 6.07) is 19.2. The molecule has 1 fully saturated rings. The largest absolute Gasteiger partial charge is 0.337 e. The lowest BCUT2D eigenvalue weighted by Crippen LogP contribution is -2.48. The lowest BCUT2D eigenvalue weighted by atomic mass is 10.1. The average molecular weight is 471 g/mol. The molecule has 0 atom stereocenters. The highest BCUT2D eigenvalue weighted by Crippen LogP contribution is 2.26. The van der Waals surface area contributed by atoms with Crippen LogP contribution in [0.3, 0.4) is 0 Å². The first kappa shape index (κ1) is 21.9. The number of anilines is 1. The van der Waals surface area contributed by atoms with E-state index in [0.29, 0.717) is 37.1 Å². The third kappa shape index (κ3) is 4.84. The Labute approximate surface area is 202 Å². The molecule has 7 nitrogen and oxygen atoms in total. The van der Waals surface area contributed by atoms with Gasteiger partial charge in [0.2, 0.25) is 11.9 Å². The standard InChI is InChI=1S/C26H23ClN6O/c27-22-10-7-20(8-11-22)25-21(19-33(30-25)23-5-2-1-3-6-23)9-12-24(34)31-15-17-32(18-16-31)26-28-13-4-14-29-26/h1-14,19H,15-18H2. The monoisotopic (exact) mass is 470 g/mol. The molecule has 34 heavy (non-hydrogen) atoms. The van der Waals surface area contributed by atoms with E-state index >= 15 is 0 Å². The van der Waals surface area contributed by atoms with Crippen molar-refractivity contribution >= 4 is 29.5 Å². The molecule has 170 valence electrons. The van der Waals surface area contributed by atoms with Gasteiger partial charge < -0.3 is 9.80 Å². The van der Waals surface area contributed by atoms with Gasteiger partial charge in [0, 0.05) is 67.0 Å². The molecule has 1 saturated heterocycles. The molecule has 8 heteroatoms. The Morgan fingerprint density at radius 3 is 2.29 bits per heavy atom. The van der Waals surface area contributed by atoms with Crippen molar-refractivity contribution in [1.29, 1.82) is 0 Å². The van der Waals surface area contributed by atoms with E-state index in [4.69, 9.17) is 16.7 Å².